The molecule has 0 saturated carbocycles. The third-order valence-electron chi connectivity index (χ3n) is 3.00. The SMILES string of the molecule is C/C(CN1C(=O)c2ccccc2C1=O)=N/NC(=O)OC(C)(C)C. The topological polar surface area (TPSA) is 88.1 Å². The number of amides is 3. The third kappa shape index (κ3) is 3.94. The summed E-state index contributed by atoms with van der Waals surface area (Å²) in [6, 6.07) is 6.64. The van der Waals surface area contributed by atoms with Gasteiger partial charge in [-0.05, 0) is 39.8 Å². The molecule has 7 nitrogen and oxygen atoms in total. The predicted octanol–water partition coefficient (Wildman–Crippen LogP) is 2.18. The molecule has 7 heteroatoms. The number of imide groups is 1. The first-order valence-electron chi connectivity index (χ1n) is 7.16. The maximum atomic E-state index is 12.2. The molecule has 0 fully saturated rings. The molecule has 1 aliphatic rings. The minimum absolute atomic E-state index is 0.00213. The highest BCUT2D eigenvalue weighted by Crippen LogP contribution is 2.22. The fourth-order valence-corrected chi connectivity index (χ4v) is 2.09. The van der Waals surface area contributed by atoms with Gasteiger partial charge in [-0.1, -0.05) is 12.1 Å². The molecule has 2 rings (SSSR count). The Balaban J connectivity index is 2.00. The number of carbonyl (C=O) groups is 3. The summed E-state index contributed by atoms with van der Waals surface area (Å²) < 4.78 is 5.05. The maximum Gasteiger partial charge on any atom is 0.428 e. The summed E-state index contributed by atoms with van der Waals surface area (Å²) in [5, 5.41) is 3.85. The van der Waals surface area contributed by atoms with E-state index in [1.807, 2.05) is 0 Å². The first-order chi connectivity index (χ1) is 10.7. The molecule has 0 unspecified atom stereocenters. The van der Waals surface area contributed by atoms with Crippen molar-refractivity contribution in [3.63, 3.8) is 0 Å². The summed E-state index contributed by atoms with van der Waals surface area (Å²) >= 11 is 0. The van der Waals surface area contributed by atoms with Gasteiger partial charge in [-0.2, -0.15) is 5.10 Å². The Morgan fingerprint density at radius 2 is 1.70 bits per heavy atom. The van der Waals surface area contributed by atoms with Gasteiger partial charge in [-0.3, -0.25) is 14.5 Å². The van der Waals surface area contributed by atoms with Crippen LogP contribution in [0.5, 0.6) is 0 Å². The van der Waals surface area contributed by atoms with Gasteiger partial charge < -0.3 is 4.74 Å². The van der Waals surface area contributed by atoms with Crippen molar-refractivity contribution in [2.45, 2.75) is 33.3 Å². The van der Waals surface area contributed by atoms with Gasteiger partial charge >= 0.3 is 6.09 Å². The van der Waals surface area contributed by atoms with Crippen molar-refractivity contribution in [2.24, 2.45) is 5.10 Å². The predicted molar refractivity (Wildman–Crippen MR) is 84.3 cm³/mol. The van der Waals surface area contributed by atoms with Gasteiger partial charge in [0.25, 0.3) is 11.8 Å². The number of hydrogen-bond acceptors (Lipinski definition) is 5. The first-order valence-corrected chi connectivity index (χ1v) is 7.16. The number of hydrogen-bond donors (Lipinski definition) is 1. The molecule has 1 N–H and O–H groups in total. The molecule has 0 saturated heterocycles. The molecule has 122 valence electrons. The van der Waals surface area contributed by atoms with E-state index in [4.69, 9.17) is 4.74 Å². The molecule has 0 bridgehead atoms. The molecule has 1 heterocycles. The van der Waals surface area contributed by atoms with Crippen LogP contribution in [0.2, 0.25) is 0 Å². The van der Waals surface area contributed by atoms with Crippen LogP contribution < -0.4 is 5.43 Å². The van der Waals surface area contributed by atoms with E-state index in [9.17, 15) is 14.4 Å². The quantitative estimate of drug-likeness (QED) is 0.526. The van der Waals surface area contributed by atoms with E-state index in [1.54, 1.807) is 52.0 Å². The van der Waals surface area contributed by atoms with E-state index >= 15 is 0 Å². The molecular weight excluding hydrogens is 298 g/mol. The molecule has 0 aliphatic carbocycles. The maximum absolute atomic E-state index is 12.2. The Bertz CT molecular complexity index is 654. The summed E-state index contributed by atoms with van der Waals surface area (Å²) in [5.41, 5.74) is 2.78. The summed E-state index contributed by atoms with van der Waals surface area (Å²) in [7, 11) is 0. The molecule has 1 aromatic carbocycles. The van der Waals surface area contributed by atoms with Crippen LogP contribution in [0.1, 0.15) is 48.4 Å². The average molecular weight is 317 g/mol. The smallest absolute Gasteiger partial charge is 0.428 e. The Labute approximate surface area is 134 Å². The normalized spacial score (nSPS) is 14.8. The highest BCUT2D eigenvalue weighted by atomic mass is 16.6. The number of nitrogens with zero attached hydrogens (tertiary/aromatic N) is 2. The van der Waals surface area contributed by atoms with Gasteiger partial charge in [0.15, 0.2) is 0 Å². The van der Waals surface area contributed by atoms with Crippen LogP contribution in [0.4, 0.5) is 4.79 Å². The van der Waals surface area contributed by atoms with Crippen molar-refractivity contribution in [2.75, 3.05) is 6.54 Å². The number of fused-ring (bicyclic) bond motifs is 1. The summed E-state index contributed by atoms with van der Waals surface area (Å²) in [6.07, 6.45) is -0.695. The zero-order valence-corrected chi connectivity index (χ0v) is 13.5. The third-order valence-corrected chi connectivity index (χ3v) is 3.00. The standard InChI is InChI=1S/C16H19N3O4/c1-10(17-18-15(22)23-16(2,3)4)9-19-13(20)11-7-5-6-8-12(11)14(19)21/h5-8H,9H2,1-4H3,(H,18,22)/b17-10-. The lowest BCUT2D eigenvalue weighted by Crippen LogP contribution is -2.35. The van der Waals surface area contributed by atoms with E-state index in [0.29, 0.717) is 16.8 Å². The van der Waals surface area contributed by atoms with Crippen LogP contribution >= 0.6 is 0 Å². The molecule has 1 aliphatic heterocycles. The Morgan fingerprint density at radius 3 is 2.17 bits per heavy atom. The van der Waals surface area contributed by atoms with Crippen LogP contribution in [0.3, 0.4) is 0 Å². The van der Waals surface area contributed by atoms with Crippen molar-refractivity contribution < 1.29 is 19.1 Å². The van der Waals surface area contributed by atoms with Crippen molar-refractivity contribution >= 4 is 23.6 Å². The first kappa shape index (κ1) is 16.7. The lowest BCUT2D eigenvalue weighted by Gasteiger charge is -2.19. The molecule has 0 aromatic heterocycles. The number of ether oxygens (including phenoxy) is 1. The van der Waals surface area contributed by atoms with Crippen molar-refractivity contribution in [1.29, 1.82) is 0 Å². The zero-order valence-electron chi connectivity index (χ0n) is 13.5. The highest BCUT2D eigenvalue weighted by Gasteiger charge is 2.35. The van der Waals surface area contributed by atoms with Crippen LogP contribution in [-0.2, 0) is 4.74 Å². The minimum Gasteiger partial charge on any atom is -0.443 e. The molecule has 0 spiro atoms. The number of benzene rings is 1. The average Bonchev–Trinajstić information content (AvgIpc) is 2.69. The molecule has 3 amide bonds. The van der Waals surface area contributed by atoms with E-state index < -0.39 is 11.7 Å². The highest BCUT2D eigenvalue weighted by molar-refractivity contribution is 6.22. The van der Waals surface area contributed by atoms with Crippen LogP contribution in [-0.4, -0.2) is 40.7 Å². The molecule has 1 aromatic rings. The van der Waals surface area contributed by atoms with Gasteiger partial charge in [0.05, 0.1) is 23.4 Å². The minimum atomic E-state index is -0.695. The fraction of sp³-hybridized carbons (Fsp3) is 0.375. The summed E-state index contributed by atoms with van der Waals surface area (Å²) in [4.78, 5) is 37.0. The number of carbonyl (C=O) groups excluding carboxylic acids is 3. The Hall–Kier alpha value is -2.70. The van der Waals surface area contributed by atoms with Gasteiger partial charge in [-0.25, -0.2) is 10.2 Å². The van der Waals surface area contributed by atoms with E-state index in [-0.39, 0.29) is 18.4 Å². The number of nitrogens with one attached hydrogen (secondary N) is 1. The van der Waals surface area contributed by atoms with Crippen LogP contribution in [0.25, 0.3) is 0 Å². The monoisotopic (exact) mass is 317 g/mol. The van der Waals surface area contributed by atoms with E-state index in [0.717, 1.165) is 4.90 Å². The van der Waals surface area contributed by atoms with Gasteiger partial charge in [0.1, 0.15) is 5.60 Å². The fourth-order valence-electron chi connectivity index (χ4n) is 2.09. The Morgan fingerprint density at radius 1 is 1.17 bits per heavy atom. The van der Waals surface area contributed by atoms with Crippen LogP contribution in [0, 0.1) is 0 Å². The second-order valence-corrected chi connectivity index (χ2v) is 6.20. The van der Waals surface area contributed by atoms with Crippen molar-refractivity contribution in [3.8, 4) is 0 Å². The Kier molecular flexibility index (Phi) is 4.49. The van der Waals surface area contributed by atoms with Gasteiger partial charge in [-0.15, -0.1) is 0 Å². The molecule has 0 radical (unpaired) electrons. The lowest BCUT2D eigenvalue weighted by atomic mass is 10.1. The molecule has 23 heavy (non-hydrogen) atoms. The second kappa shape index (κ2) is 6.20. The van der Waals surface area contributed by atoms with Gasteiger partial charge in [0, 0.05) is 0 Å². The number of hydrazone groups is 1. The largest absolute Gasteiger partial charge is 0.443 e. The number of rotatable bonds is 3. The van der Waals surface area contributed by atoms with E-state index in [2.05, 4.69) is 10.5 Å². The molecular formula is C16H19N3O4. The summed E-state index contributed by atoms with van der Waals surface area (Å²) in [6.45, 7) is 6.83. The van der Waals surface area contributed by atoms with Gasteiger partial charge in [0.2, 0.25) is 0 Å². The van der Waals surface area contributed by atoms with Crippen molar-refractivity contribution in [3.05, 3.63) is 35.4 Å². The second-order valence-electron chi connectivity index (χ2n) is 6.20. The molecule has 0 atom stereocenters. The van der Waals surface area contributed by atoms with E-state index in [1.165, 1.54) is 0 Å². The zero-order chi connectivity index (χ0) is 17.2. The summed E-state index contributed by atoms with van der Waals surface area (Å²) in [5.74, 6) is -0.727. The lowest BCUT2D eigenvalue weighted by molar-refractivity contribution is 0.0529. The van der Waals surface area contributed by atoms with Crippen LogP contribution in [0.15, 0.2) is 29.4 Å². The van der Waals surface area contributed by atoms with Crippen molar-refractivity contribution in [1.82, 2.24) is 10.3 Å².